The molecule has 0 aliphatic heterocycles. The van der Waals surface area contributed by atoms with Crippen LogP contribution < -0.4 is 11.5 Å². The number of anilines is 2. The molecule has 0 amide bonds. The van der Waals surface area contributed by atoms with Crippen molar-refractivity contribution in [1.29, 1.82) is 0 Å². The van der Waals surface area contributed by atoms with Gasteiger partial charge in [0.05, 0.1) is 36.2 Å². The lowest BCUT2D eigenvalue weighted by Gasteiger charge is -2.17. The van der Waals surface area contributed by atoms with Gasteiger partial charge in [0.2, 0.25) is 0 Å². The Bertz CT molecular complexity index is 1150. The van der Waals surface area contributed by atoms with Crippen molar-refractivity contribution in [2.24, 2.45) is 0 Å². The monoisotopic (exact) mass is 1110 g/mol. The van der Waals surface area contributed by atoms with Gasteiger partial charge in [-0.05, 0) is 136 Å². The summed E-state index contributed by atoms with van der Waals surface area (Å²) < 4.78 is 13.3. The molecule has 0 aliphatic carbocycles. The first kappa shape index (κ1) is 29.2. The number of halogens is 6. The van der Waals surface area contributed by atoms with Gasteiger partial charge in [0.25, 0.3) is 0 Å². The predicted molar refractivity (Wildman–Crippen MR) is 169 cm³/mol. The van der Waals surface area contributed by atoms with Crippen molar-refractivity contribution in [1.82, 2.24) is 0 Å². The van der Waals surface area contributed by atoms with E-state index in [-0.39, 0.29) is 24.3 Å². The summed E-state index contributed by atoms with van der Waals surface area (Å²) >= 11 is 11.7. The second kappa shape index (κ2) is 12.3. The summed E-state index contributed by atoms with van der Waals surface area (Å²) in [6, 6.07) is 0. The standard InChI is InChI=1S/C18H12I6N2O6/c1-4(28)31-3-6-10(20)8(14(24)16(26)12(6)22)18(30)32-17(29)7-9(19)5(2-27)11(21)15(25)13(7)23/h27H,2-3,25-26H2,1H3. The van der Waals surface area contributed by atoms with Gasteiger partial charge in [-0.3, -0.25) is 4.79 Å². The number of nitrogens with two attached hydrogens (primary N) is 2. The number of hydrogen-bond donors (Lipinski definition) is 3. The minimum Gasteiger partial charge on any atom is -0.461 e. The van der Waals surface area contributed by atoms with E-state index < -0.39 is 17.9 Å². The Labute approximate surface area is 264 Å². The third kappa shape index (κ3) is 6.03. The Morgan fingerprint density at radius 3 is 1.56 bits per heavy atom. The van der Waals surface area contributed by atoms with Crippen LogP contribution in [0.3, 0.4) is 0 Å². The zero-order valence-electron chi connectivity index (χ0n) is 15.8. The average molecular weight is 1110 g/mol. The minimum absolute atomic E-state index is 0.0788. The van der Waals surface area contributed by atoms with Crippen molar-refractivity contribution in [2.75, 3.05) is 11.5 Å². The molecule has 8 nitrogen and oxygen atoms in total. The maximum atomic E-state index is 13.0. The molecule has 0 aromatic heterocycles. The second-order valence-electron chi connectivity index (χ2n) is 6.03. The van der Waals surface area contributed by atoms with Crippen molar-refractivity contribution in [3.8, 4) is 0 Å². The van der Waals surface area contributed by atoms with Gasteiger partial charge >= 0.3 is 17.9 Å². The maximum absolute atomic E-state index is 13.0. The Morgan fingerprint density at radius 2 is 1.16 bits per heavy atom. The Kier molecular flexibility index (Phi) is 11.2. The van der Waals surface area contributed by atoms with Crippen LogP contribution in [-0.4, -0.2) is 23.0 Å². The van der Waals surface area contributed by atoms with Gasteiger partial charge in [-0.1, -0.05) is 0 Å². The van der Waals surface area contributed by atoms with Crippen LogP contribution in [0.25, 0.3) is 0 Å². The normalized spacial score (nSPS) is 10.8. The van der Waals surface area contributed by atoms with E-state index in [1.54, 1.807) is 0 Å². The molecule has 0 heterocycles. The third-order valence-electron chi connectivity index (χ3n) is 4.06. The van der Waals surface area contributed by atoms with Crippen molar-refractivity contribution in [3.63, 3.8) is 0 Å². The number of carbonyl (C=O) groups excluding carboxylic acids is 3. The third-order valence-corrected chi connectivity index (χ3v) is 11.1. The SMILES string of the molecule is CC(=O)OCc1c(I)c(N)c(I)c(C(=O)OC(=O)c2c(I)c(N)c(I)c(CO)c2I)c1I. The molecule has 172 valence electrons. The van der Waals surface area contributed by atoms with Crippen LogP contribution in [0, 0.1) is 21.4 Å². The number of aliphatic hydroxyl groups excluding tert-OH is 1. The molecule has 0 bridgehead atoms. The number of esters is 3. The fourth-order valence-corrected chi connectivity index (χ4v) is 10.3. The number of benzene rings is 2. The van der Waals surface area contributed by atoms with Gasteiger partial charge in [-0.15, -0.1) is 0 Å². The van der Waals surface area contributed by atoms with Crippen molar-refractivity contribution in [2.45, 2.75) is 20.1 Å². The molecule has 0 fully saturated rings. The summed E-state index contributed by atoms with van der Waals surface area (Å²) in [5, 5.41) is 9.69. The first-order chi connectivity index (χ1) is 14.8. The molecule has 32 heavy (non-hydrogen) atoms. The largest absolute Gasteiger partial charge is 0.461 e. The first-order valence-corrected chi connectivity index (χ1v) is 14.7. The summed E-state index contributed by atoms with van der Waals surface area (Å²) in [7, 11) is 0. The molecule has 2 aromatic carbocycles. The molecule has 0 saturated carbocycles. The van der Waals surface area contributed by atoms with Gasteiger partial charge in [0, 0.05) is 32.3 Å². The van der Waals surface area contributed by atoms with E-state index in [0.717, 1.165) is 0 Å². The number of rotatable bonds is 5. The highest BCUT2D eigenvalue weighted by Crippen LogP contribution is 2.36. The van der Waals surface area contributed by atoms with Crippen molar-refractivity contribution in [3.05, 3.63) is 43.7 Å². The van der Waals surface area contributed by atoms with Crippen LogP contribution in [0.1, 0.15) is 38.8 Å². The molecule has 2 aromatic rings. The van der Waals surface area contributed by atoms with Crippen LogP contribution in [0.15, 0.2) is 0 Å². The molecule has 0 unspecified atom stereocenters. The Hall–Kier alpha value is 0.990. The van der Waals surface area contributed by atoms with Crippen LogP contribution in [0.2, 0.25) is 0 Å². The molecular formula is C18H12I6N2O6. The number of ether oxygens (including phenoxy) is 2. The molecule has 0 aliphatic rings. The molecular weight excluding hydrogens is 1100 g/mol. The van der Waals surface area contributed by atoms with Gasteiger partial charge in [-0.25, -0.2) is 9.59 Å². The Balaban J connectivity index is 2.54. The van der Waals surface area contributed by atoms with E-state index in [2.05, 4.69) is 0 Å². The molecule has 0 radical (unpaired) electrons. The molecule has 0 spiro atoms. The fraction of sp³-hybridized carbons (Fsp3) is 0.167. The zero-order chi connectivity index (χ0) is 24.5. The van der Waals surface area contributed by atoms with E-state index in [1.165, 1.54) is 6.92 Å². The Morgan fingerprint density at radius 1 is 0.750 bits per heavy atom. The predicted octanol–water partition coefficient (Wildman–Crippen LogP) is 5.03. The summed E-state index contributed by atoms with van der Waals surface area (Å²) in [6.07, 6.45) is 0. The van der Waals surface area contributed by atoms with Crippen LogP contribution >= 0.6 is 136 Å². The van der Waals surface area contributed by atoms with Gasteiger partial charge in [0.15, 0.2) is 0 Å². The molecule has 2 rings (SSSR count). The van der Waals surface area contributed by atoms with Crippen LogP contribution in [-0.2, 0) is 27.5 Å². The molecule has 14 heteroatoms. The number of nitrogen functional groups attached to an aromatic ring is 2. The van der Waals surface area contributed by atoms with Gasteiger partial charge in [0.1, 0.15) is 6.61 Å². The average Bonchev–Trinajstić information content (AvgIpc) is 2.71. The van der Waals surface area contributed by atoms with E-state index in [1.807, 2.05) is 136 Å². The van der Waals surface area contributed by atoms with E-state index in [4.69, 9.17) is 20.9 Å². The summed E-state index contributed by atoms with van der Waals surface area (Å²) in [6.45, 7) is 0.875. The van der Waals surface area contributed by atoms with Crippen LogP contribution in [0.4, 0.5) is 11.4 Å². The summed E-state index contributed by atoms with van der Waals surface area (Å²) in [5.41, 5.74) is 14.1. The number of hydrogen-bond acceptors (Lipinski definition) is 8. The number of aliphatic hydroxyl groups is 1. The highest BCUT2D eigenvalue weighted by molar-refractivity contribution is 14.1. The van der Waals surface area contributed by atoms with E-state index in [9.17, 15) is 19.5 Å². The topological polar surface area (TPSA) is 142 Å². The van der Waals surface area contributed by atoms with Crippen molar-refractivity contribution >= 4 is 165 Å². The minimum atomic E-state index is -0.898. The van der Waals surface area contributed by atoms with Gasteiger partial charge < -0.3 is 26.0 Å². The smallest absolute Gasteiger partial charge is 0.348 e. The lowest BCUT2D eigenvalue weighted by atomic mass is 10.1. The quantitative estimate of drug-likeness (QED) is 0.164. The van der Waals surface area contributed by atoms with Crippen molar-refractivity contribution < 1.29 is 29.0 Å². The lowest BCUT2D eigenvalue weighted by molar-refractivity contribution is -0.142. The lowest BCUT2D eigenvalue weighted by Crippen LogP contribution is -2.21. The number of carbonyl (C=O) groups is 3. The fourth-order valence-electron chi connectivity index (χ4n) is 2.46. The first-order valence-electron chi connectivity index (χ1n) is 8.25. The zero-order valence-corrected chi connectivity index (χ0v) is 28.8. The molecule has 5 N–H and O–H groups in total. The van der Waals surface area contributed by atoms with E-state index >= 15 is 0 Å². The molecule has 0 atom stereocenters. The maximum Gasteiger partial charge on any atom is 0.348 e. The summed E-state index contributed by atoms with van der Waals surface area (Å²) in [5.74, 6) is -2.27. The highest BCUT2D eigenvalue weighted by atomic mass is 127. The van der Waals surface area contributed by atoms with Crippen LogP contribution in [0.5, 0.6) is 0 Å². The second-order valence-corrected chi connectivity index (χ2v) is 12.5. The highest BCUT2D eigenvalue weighted by Gasteiger charge is 2.30. The van der Waals surface area contributed by atoms with E-state index in [0.29, 0.717) is 43.9 Å². The summed E-state index contributed by atoms with van der Waals surface area (Å²) in [4.78, 5) is 37.3. The van der Waals surface area contributed by atoms with Gasteiger partial charge in [-0.2, -0.15) is 0 Å². The molecule has 0 saturated heterocycles.